The van der Waals surface area contributed by atoms with Crippen LogP contribution in [0.1, 0.15) is 17.7 Å². The minimum absolute atomic E-state index is 0.134. The average molecular weight is 325 g/mol. The molecule has 0 radical (unpaired) electrons. The predicted molar refractivity (Wildman–Crippen MR) is 81.1 cm³/mol. The molecule has 23 heavy (non-hydrogen) atoms. The number of aliphatic hydroxyl groups excluding tert-OH is 1. The zero-order valence-corrected chi connectivity index (χ0v) is 12.4. The summed E-state index contributed by atoms with van der Waals surface area (Å²) >= 11 is 0. The van der Waals surface area contributed by atoms with Gasteiger partial charge < -0.3 is 10.4 Å². The highest BCUT2D eigenvalue weighted by Gasteiger charge is 2.26. The van der Waals surface area contributed by atoms with E-state index in [0.717, 1.165) is 5.56 Å². The van der Waals surface area contributed by atoms with Gasteiger partial charge in [-0.25, -0.2) is 9.97 Å². The minimum atomic E-state index is -4.21. The maximum atomic E-state index is 12.3. The minimum Gasteiger partial charge on any atom is -0.394 e. The smallest absolute Gasteiger partial charge is 0.389 e. The molecule has 0 aliphatic heterocycles. The number of nitrogens with zero attached hydrogens (tertiary/aromatic N) is 2. The summed E-state index contributed by atoms with van der Waals surface area (Å²) in [6.45, 7) is -0.134. The second-order valence-electron chi connectivity index (χ2n) is 5.20. The van der Waals surface area contributed by atoms with Crippen molar-refractivity contribution in [3.8, 4) is 0 Å². The SMILES string of the molecule is OC[C@H](Cc1ccccc1)Nc1nccc(CCC(F)(F)F)n1. The summed E-state index contributed by atoms with van der Waals surface area (Å²) in [5.74, 6) is 0.222. The summed E-state index contributed by atoms with van der Waals surface area (Å²) in [6, 6.07) is 10.7. The Morgan fingerprint density at radius 3 is 2.52 bits per heavy atom. The lowest BCUT2D eigenvalue weighted by atomic mass is 10.1. The molecule has 4 nitrogen and oxygen atoms in total. The Labute approximate surface area is 132 Å². The number of aliphatic hydroxyl groups is 1. The van der Waals surface area contributed by atoms with E-state index in [1.54, 1.807) is 0 Å². The molecule has 0 bridgehead atoms. The number of aryl methyl sites for hydroxylation is 1. The molecule has 0 spiro atoms. The lowest BCUT2D eigenvalue weighted by molar-refractivity contribution is -0.134. The third-order valence-corrected chi connectivity index (χ3v) is 3.26. The summed E-state index contributed by atoms with van der Waals surface area (Å²) in [4.78, 5) is 8.07. The maximum absolute atomic E-state index is 12.3. The van der Waals surface area contributed by atoms with Gasteiger partial charge >= 0.3 is 6.18 Å². The van der Waals surface area contributed by atoms with Gasteiger partial charge in [0.1, 0.15) is 0 Å². The van der Waals surface area contributed by atoms with Crippen LogP contribution in [0.15, 0.2) is 42.6 Å². The Bertz CT molecular complexity index is 605. The van der Waals surface area contributed by atoms with Crippen molar-refractivity contribution in [2.75, 3.05) is 11.9 Å². The zero-order valence-electron chi connectivity index (χ0n) is 12.4. The Morgan fingerprint density at radius 2 is 1.87 bits per heavy atom. The van der Waals surface area contributed by atoms with Gasteiger partial charge in [0.05, 0.1) is 12.6 Å². The van der Waals surface area contributed by atoms with Gasteiger partial charge in [-0.05, 0) is 24.5 Å². The van der Waals surface area contributed by atoms with Crippen molar-refractivity contribution in [2.24, 2.45) is 0 Å². The van der Waals surface area contributed by atoms with Gasteiger partial charge in [0.2, 0.25) is 5.95 Å². The second-order valence-corrected chi connectivity index (χ2v) is 5.20. The van der Waals surface area contributed by atoms with Crippen LogP contribution in [0, 0.1) is 0 Å². The molecule has 1 heterocycles. The van der Waals surface area contributed by atoms with Crippen LogP contribution < -0.4 is 5.32 Å². The molecular weight excluding hydrogens is 307 g/mol. The Kier molecular flexibility index (Phi) is 5.92. The molecule has 124 valence electrons. The van der Waals surface area contributed by atoms with Crippen molar-refractivity contribution < 1.29 is 18.3 Å². The summed E-state index contributed by atoms with van der Waals surface area (Å²) in [7, 11) is 0. The first-order valence-corrected chi connectivity index (χ1v) is 7.26. The molecule has 0 aliphatic rings. The highest BCUT2D eigenvalue weighted by Crippen LogP contribution is 2.21. The van der Waals surface area contributed by atoms with Gasteiger partial charge in [0.15, 0.2) is 0 Å². The zero-order chi connectivity index (χ0) is 16.7. The van der Waals surface area contributed by atoms with Crippen LogP contribution in [0.25, 0.3) is 0 Å². The summed E-state index contributed by atoms with van der Waals surface area (Å²) < 4.78 is 36.8. The Balaban J connectivity index is 1.97. The van der Waals surface area contributed by atoms with Crippen LogP contribution in [0.5, 0.6) is 0 Å². The molecular formula is C16H18F3N3O. The summed E-state index contributed by atoms with van der Waals surface area (Å²) in [5.41, 5.74) is 1.35. The van der Waals surface area contributed by atoms with Crippen molar-refractivity contribution in [3.63, 3.8) is 0 Å². The van der Waals surface area contributed by atoms with Crippen molar-refractivity contribution in [1.29, 1.82) is 0 Å². The second kappa shape index (κ2) is 7.92. The molecule has 2 rings (SSSR count). The highest BCUT2D eigenvalue weighted by atomic mass is 19.4. The molecule has 0 amide bonds. The van der Waals surface area contributed by atoms with Crippen LogP contribution in [-0.2, 0) is 12.8 Å². The lowest BCUT2D eigenvalue weighted by Crippen LogP contribution is -2.27. The largest absolute Gasteiger partial charge is 0.394 e. The third-order valence-electron chi connectivity index (χ3n) is 3.26. The first kappa shape index (κ1) is 17.2. The summed E-state index contributed by atoms with van der Waals surface area (Å²) in [6.07, 6.45) is -3.34. The first-order valence-electron chi connectivity index (χ1n) is 7.26. The fourth-order valence-corrected chi connectivity index (χ4v) is 2.12. The van der Waals surface area contributed by atoms with Crippen molar-refractivity contribution in [3.05, 3.63) is 53.9 Å². The van der Waals surface area contributed by atoms with Crippen LogP contribution in [0.2, 0.25) is 0 Å². The van der Waals surface area contributed by atoms with Gasteiger partial charge in [0.25, 0.3) is 0 Å². The van der Waals surface area contributed by atoms with E-state index in [-0.39, 0.29) is 25.0 Å². The number of benzene rings is 1. The number of halogens is 3. The number of aromatic nitrogens is 2. The Hall–Kier alpha value is -2.15. The van der Waals surface area contributed by atoms with Crippen LogP contribution in [-0.4, -0.2) is 33.9 Å². The number of rotatable bonds is 7. The number of nitrogens with one attached hydrogen (secondary N) is 1. The van der Waals surface area contributed by atoms with Crippen molar-refractivity contribution in [1.82, 2.24) is 9.97 Å². The predicted octanol–water partition coefficient (Wildman–Crippen LogP) is 2.99. The van der Waals surface area contributed by atoms with E-state index in [2.05, 4.69) is 15.3 Å². The van der Waals surface area contributed by atoms with Crippen molar-refractivity contribution in [2.45, 2.75) is 31.5 Å². The molecule has 0 unspecified atom stereocenters. The van der Waals surface area contributed by atoms with Gasteiger partial charge in [0, 0.05) is 18.3 Å². The highest BCUT2D eigenvalue weighted by molar-refractivity contribution is 5.28. The van der Waals surface area contributed by atoms with E-state index in [1.807, 2.05) is 30.3 Å². The number of hydrogen-bond acceptors (Lipinski definition) is 4. The standard InChI is InChI=1S/C16H18F3N3O/c17-16(18,19)8-6-13-7-9-20-15(21-13)22-14(11-23)10-12-4-2-1-3-5-12/h1-5,7,9,14,23H,6,8,10-11H2,(H,20,21,22)/t14-/m0/s1. The van der Waals surface area contributed by atoms with Crippen LogP contribution in [0.4, 0.5) is 19.1 Å². The Morgan fingerprint density at radius 1 is 1.13 bits per heavy atom. The van der Waals surface area contributed by atoms with Gasteiger partial charge in [-0.3, -0.25) is 0 Å². The van der Waals surface area contributed by atoms with E-state index >= 15 is 0 Å². The fraction of sp³-hybridized carbons (Fsp3) is 0.375. The average Bonchev–Trinajstić information content (AvgIpc) is 2.53. The number of alkyl halides is 3. The van der Waals surface area contributed by atoms with Gasteiger partial charge in [-0.1, -0.05) is 30.3 Å². The first-order chi connectivity index (χ1) is 11.0. The third kappa shape index (κ3) is 6.23. The van der Waals surface area contributed by atoms with Gasteiger partial charge in [-0.15, -0.1) is 0 Å². The molecule has 2 aromatic rings. The molecule has 7 heteroatoms. The maximum Gasteiger partial charge on any atom is 0.389 e. The normalized spacial score (nSPS) is 12.9. The molecule has 2 N–H and O–H groups in total. The summed E-state index contributed by atoms with van der Waals surface area (Å²) in [5, 5.41) is 12.4. The number of anilines is 1. The van der Waals surface area contributed by atoms with Crippen LogP contribution in [0.3, 0.4) is 0 Å². The van der Waals surface area contributed by atoms with E-state index < -0.39 is 12.6 Å². The molecule has 0 saturated carbocycles. The quantitative estimate of drug-likeness (QED) is 0.822. The van der Waals surface area contributed by atoms with E-state index in [4.69, 9.17) is 0 Å². The molecule has 0 aliphatic carbocycles. The van der Waals surface area contributed by atoms with E-state index in [1.165, 1.54) is 12.3 Å². The topological polar surface area (TPSA) is 58.0 Å². The van der Waals surface area contributed by atoms with Crippen LogP contribution >= 0.6 is 0 Å². The van der Waals surface area contributed by atoms with Crippen molar-refractivity contribution >= 4 is 5.95 Å². The lowest BCUT2D eigenvalue weighted by Gasteiger charge is -2.16. The van der Waals surface area contributed by atoms with E-state index in [9.17, 15) is 18.3 Å². The molecule has 0 saturated heterocycles. The number of hydrogen-bond donors (Lipinski definition) is 2. The molecule has 1 aromatic heterocycles. The van der Waals surface area contributed by atoms with E-state index in [0.29, 0.717) is 12.1 Å². The monoisotopic (exact) mass is 325 g/mol. The molecule has 1 atom stereocenters. The van der Waals surface area contributed by atoms with Gasteiger partial charge in [-0.2, -0.15) is 13.2 Å². The fourth-order valence-electron chi connectivity index (χ4n) is 2.12. The molecule has 0 fully saturated rings. The molecule has 1 aromatic carbocycles.